The minimum absolute atomic E-state index is 0.0208. The molecule has 9 heteroatoms. The van der Waals surface area contributed by atoms with Crippen molar-refractivity contribution in [2.75, 3.05) is 23.8 Å². The van der Waals surface area contributed by atoms with E-state index in [0.717, 1.165) is 42.7 Å². The van der Waals surface area contributed by atoms with E-state index in [9.17, 15) is 10.1 Å². The largest absolute Gasteiger partial charge is 0.396 e. The van der Waals surface area contributed by atoms with Crippen molar-refractivity contribution in [2.24, 2.45) is 17.8 Å². The number of aliphatic hydroxyl groups is 1. The van der Waals surface area contributed by atoms with Gasteiger partial charge in [0.1, 0.15) is 5.69 Å². The average molecular weight is 387 g/mol. The summed E-state index contributed by atoms with van der Waals surface area (Å²) in [7, 11) is 0. The standard InChI is InChI=1S/C19H25N5O4/c25-3-1-2-20-15-7-14(16-17(23-28-22-16)18(15)24(26)27)21-19-8-11-4-12(9-19)6-13(5-11)10-19/h7,11-13,20-21,25H,1-6,8-10H2. The molecule has 4 bridgehead atoms. The molecule has 0 aliphatic heterocycles. The van der Waals surface area contributed by atoms with Gasteiger partial charge in [-0.3, -0.25) is 10.1 Å². The van der Waals surface area contributed by atoms with Crippen molar-refractivity contribution in [1.82, 2.24) is 10.3 Å². The van der Waals surface area contributed by atoms with Gasteiger partial charge in [-0.25, -0.2) is 4.63 Å². The molecule has 0 saturated heterocycles. The van der Waals surface area contributed by atoms with Crippen LogP contribution < -0.4 is 10.6 Å². The highest BCUT2D eigenvalue weighted by Gasteiger charge is 2.51. The Morgan fingerprint density at radius 3 is 2.39 bits per heavy atom. The van der Waals surface area contributed by atoms with Crippen molar-refractivity contribution in [3.63, 3.8) is 0 Å². The van der Waals surface area contributed by atoms with Crippen LogP contribution in [0.25, 0.3) is 11.0 Å². The molecule has 0 amide bonds. The van der Waals surface area contributed by atoms with Crippen LogP contribution in [0.3, 0.4) is 0 Å². The summed E-state index contributed by atoms with van der Waals surface area (Å²) in [5.74, 6) is 2.35. The molecule has 0 spiro atoms. The number of aromatic nitrogens is 2. The predicted molar refractivity (Wildman–Crippen MR) is 103 cm³/mol. The molecular weight excluding hydrogens is 362 g/mol. The minimum atomic E-state index is -0.456. The van der Waals surface area contributed by atoms with Gasteiger partial charge in [0.2, 0.25) is 5.52 Å². The number of nitro groups is 1. The van der Waals surface area contributed by atoms with E-state index in [-0.39, 0.29) is 23.3 Å². The van der Waals surface area contributed by atoms with Gasteiger partial charge in [-0.1, -0.05) is 0 Å². The van der Waals surface area contributed by atoms with Crippen molar-refractivity contribution in [3.05, 3.63) is 16.2 Å². The van der Waals surface area contributed by atoms with E-state index in [2.05, 4.69) is 20.9 Å². The molecule has 2 aromatic rings. The summed E-state index contributed by atoms with van der Waals surface area (Å²) in [5, 5.41) is 35.3. The molecule has 0 atom stereocenters. The SMILES string of the molecule is O=[N+]([O-])c1c(NCCCO)cc(NC23CC4CC(CC(C4)C2)C3)c2nonc12. The van der Waals surface area contributed by atoms with Gasteiger partial charge in [0, 0.05) is 18.7 Å². The number of rotatable bonds is 7. The monoisotopic (exact) mass is 387 g/mol. The van der Waals surface area contributed by atoms with Crippen LogP contribution >= 0.6 is 0 Å². The Hall–Kier alpha value is -2.42. The lowest BCUT2D eigenvalue weighted by molar-refractivity contribution is -0.382. The molecule has 4 saturated carbocycles. The van der Waals surface area contributed by atoms with Crippen LogP contribution in [0.15, 0.2) is 10.7 Å². The summed E-state index contributed by atoms with van der Waals surface area (Å²) in [6, 6.07) is 1.76. The van der Waals surface area contributed by atoms with Crippen LogP contribution in [0.1, 0.15) is 44.9 Å². The first-order valence-corrected chi connectivity index (χ1v) is 10.1. The zero-order valence-electron chi connectivity index (χ0n) is 15.7. The van der Waals surface area contributed by atoms with E-state index < -0.39 is 4.92 Å². The van der Waals surface area contributed by atoms with Gasteiger partial charge >= 0.3 is 5.69 Å². The summed E-state index contributed by atoms with van der Waals surface area (Å²) < 4.78 is 4.89. The second-order valence-electron chi connectivity index (χ2n) is 8.87. The molecule has 1 aromatic carbocycles. The summed E-state index contributed by atoms with van der Waals surface area (Å²) in [6.07, 6.45) is 7.98. The fourth-order valence-electron chi connectivity index (χ4n) is 6.20. The van der Waals surface area contributed by atoms with Crippen LogP contribution in [-0.4, -0.2) is 39.0 Å². The topological polar surface area (TPSA) is 126 Å². The van der Waals surface area contributed by atoms with Crippen LogP contribution in [0.4, 0.5) is 17.1 Å². The molecule has 6 rings (SSSR count). The Labute approximate surface area is 162 Å². The molecule has 4 fully saturated rings. The molecule has 4 aliphatic rings. The van der Waals surface area contributed by atoms with Gasteiger partial charge in [-0.15, -0.1) is 0 Å². The van der Waals surface area contributed by atoms with Crippen molar-refractivity contribution < 1.29 is 14.7 Å². The zero-order chi connectivity index (χ0) is 19.3. The molecule has 9 nitrogen and oxygen atoms in total. The van der Waals surface area contributed by atoms with Gasteiger partial charge in [0.25, 0.3) is 0 Å². The summed E-state index contributed by atoms with van der Waals surface area (Å²) in [6.45, 7) is 0.456. The second-order valence-corrected chi connectivity index (χ2v) is 8.87. The lowest BCUT2D eigenvalue weighted by Crippen LogP contribution is -2.54. The number of anilines is 2. The van der Waals surface area contributed by atoms with Crippen LogP contribution in [0, 0.1) is 27.9 Å². The molecule has 1 aromatic heterocycles. The van der Waals surface area contributed by atoms with Gasteiger partial charge in [-0.2, -0.15) is 0 Å². The molecule has 28 heavy (non-hydrogen) atoms. The molecular formula is C19H25N5O4. The van der Waals surface area contributed by atoms with Crippen molar-refractivity contribution >= 4 is 28.1 Å². The third-order valence-corrected chi connectivity index (χ3v) is 6.78. The molecule has 0 radical (unpaired) electrons. The van der Waals surface area contributed by atoms with Gasteiger partial charge in [-0.05, 0) is 79.1 Å². The number of nitrogens with zero attached hydrogens (tertiary/aromatic N) is 3. The number of hydrogen-bond acceptors (Lipinski definition) is 8. The predicted octanol–water partition coefficient (Wildman–Crippen LogP) is 3.31. The van der Waals surface area contributed by atoms with Crippen LogP contribution in [0.2, 0.25) is 0 Å². The van der Waals surface area contributed by atoms with E-state index in [4.69, 9.17) is 9.74 Å². The molecule has 1 heterocycles. The van der Waals surface area contributed by atoms with Crippen molar-refractivity contribution in [1.29, 1.82) is 0 Å². The van der Waals surface area contributed by atoms with Crippen molar-refractivity contribution in [3.8, 4) is 0 Å². The Morgan fingerprint density at radius 2 is 1.79 bits per heavy atom. The molecule has 4 aliphatic carbocycles. The molecule has 0 unspecified atom stereocenters. The minimum Gasteiger partial charge on any atom is -0.396 e. The smallest absolute Gasteiger partial charge is 0.323 e. The maximum absolute atomic E-state index is 11.7. The third kappa shape index (κ3) is 2.88. The van der Waals surface area contributed by atoms with Crippen LogP contribution in [-0.2, 0) is 0 Å². The maximum atomic E-state index is 11.7. The van der Waals surface area contributed by atoms with Gasteiger partial charge in [0.05, 0.1) is 10.6 Å². The zero-order valence-corrected chi connectivity index (χ0v) is 15.7. The number of aliphatic hydroxyl groups excluding tert-OH is 1. The fourth-order valence-corrected chi connectivity index (χ4v) is 6.20. The lowest BCUT2D eigenvalue weighted by Gasteiger charge is -2.57. The Morgan fingerprint density at radius 1 is 1.14 bits per heavy atom. The first kappa shape index (κ1) is 17.7. The first-order valence-electron chi connectivity index (χ1n) is 10.1. The van der Waals surface area contributed by atoms with Gasteiger partial charge < -0.3 is 15.7 Å². The quantitative estimate of drug-likeness (QED) is 0.375. The lowest BCUT2D eigenvalue weighted by atomic mass is 9.53. The van der Waals surface area contributed by atoms with Gasteiger partial charge in [0.15, 0.2) is 5.52 Å². The summed E-state index contributed by atoms with van der Waals surface area (Å²) in [5.41, 5.74) is 1.61. The van der Waals surface area contributed by atoms with E-state index in [0.29, 0.717) is 24.2 Å². The highest BCUT2D eigenvalue weighted by Crippen LogP contribution is 2.57. The molecule has 150 valence electrons. The summed E-state index contributed by atoms with van der Waals surface area (Å²) >= 11 is 0. The van der Waals surface area contributed by atoms with Crippen molar-refractivity contribution in [2.45, 2.75) is 50.5 Å². The second kappa shape index (κ2) is 6.58. The average Bonchev–Trinajstić information content (AvgIpc) is 3.10. The van der Waals surface area contributed by atoms with E-state index >= 15 is 0 Å². The summed E-state index contributed by atoms with van der Waals surface area (Å²) in [4.78, 5) is 11.2. The number of benzene rings is 1. The van der Waals surface area contributed by atoms with E-state index in [1.165, 1.54) is 19.3 Å². The maximum Gasteiger partial charge on any atom is 0.323 e. The molecule has 3 N–H and O–H groups in total. The van der Waals surface area contributed by atoms with E-state index in [1.54, 1.807) is 6.07 Å². The normalized spacial score (nSPS) is 30.7. The number of fused-ring (bicyclic) bond motifs is 1. The Balaban J connectivity index is 1.53. The third-order valence-electron chi connectivity index (χ3n) is 6.78. The highest BCUT2D eigenvalue weighted by atomic mass is 16.6. The number of nitrogens with one attached hydrogen (secondary N) is 2. The number of hydrogen-bond donors (Lipinski definition) is 3. The Kier molecular flexibility index (Phi) is 4.15. The Bertz CT molecular complexity index is 876. The van der Waals surface area contributed by atoms with E-state index in [1.807, 2.05) is 0 Å². The number of nitro benzene ring substituents is 1. The van der Waals surface area contributed by atoms with Crippen LogP contribution in [0.5, 0.6) is 0 Å². The highest BCUT2D eigenvalue weighted by molar-refractivity contribution is 5.99. The fraction of sp³-hybridized carbons (Fsp3) is 0.684. The first-order chi connectivity index (χ1) is 13.6.